The molecular formula is C16H15NO3. The fourth-order valence-electron chi connectivity index (χ4n) is 2.12. The smallest absolute Gasteiger partial charge is 0.269 e. The number of Topliss-reactive ketones (excluding diaryl/α,β-unsaturated/α-hetero) is 1. The molecule has 2 rings (SSSR count). The van der Waals surface area contributed by atoms with E-state index in [-0.39, 0.29) is 17.9 Å². The lowest BCUT2D eigenvalue weighted by molar-refractivity contribution is -0.384. The van der Waals surface area contributed by atoms with Gasteiger partial charge in [0.2, 0.25) is 0 Å². The molecule has 0 amide bonds. The van der Waals surface area contributed by atoms with Gasteiger partial charge in [-0.1, -0.05) is 43.3 Å². The van der Waals surface area contributed by atoms with E-state index in [2.05, 4.69) is 0 Å². The SMILES string of the molecule is CCc1ccccc1C(=O)Cc1ccc([N+](=O)[O-])cc1. The monoisotopic (exact) mass is 269 g/mol. The molecule has 4 nitrogen and oxygen atoms in total. The first-order chi connectivity index (χ1) is 9.61. The van der Waals surface area contributed by atoms with E-state index in [1.54, 1.807) is 12.1 Å². The van der Waals surface area contributed by atoms with E-state index in [0.29, 0.717) is 0 Å². The molecule has 0 bridgehead atoms. The Bertz CT molecular complexity index is 632. The third kappa shape index (κ3) is 3.09. The van der Waals surface area contributed by atoms with Gasteiger partial charge in [-0.15, -0.1) is 0 Å². The van der Waals surface area contributed by atoms with Gasteiger partial charge in [-0.3, -0.25) is 14.9 Å². The van der Waals surface area contributed by atoms with Crippen molar-refractivity contribution in [2.75, 3.05) is 0 Å². The van der Waals surface area contributed by atoms with Gasteiger partial charge in [0.1, 0.15) is 0 Å². The highest BCUT2D eigenvalue weighted by atomic mass is 16.6. The summed E-state index contributed by atoms with van der Waals surface area (Å²) in [5.41, 5.74) is 2.58. The largest absolute Gasteiger partial charge is 0.294 e. The van der Waals surface area contributed by atoms with Crippen molar-refractivity contribution >= 4 is 11.5 Å². The van der Waals surface area contributed by atoms with Gasteiger partial charge in [0, 0.05) is 24.1 Å². The number of nitro benzene ring substituents is 1. The predicted octanol–water partition coefficient (Wildman–Crippen LogP) is 3.58. The lowest BCUT2D eigenvalue weighted by Crippen LogP contribution is -2.06. The summed E-state index contributed by atoms with van der Waals surface area (Å²) in [6.45, 7) is 2.01. The average Bonchev–Trinajstić information content (AvgIpc) is 2.47. The van der Waals surface area contributed by atoms with Crippen molar-refractivity contribution in [1.29, 1.82) is 0 Å². The molecule has 2 aromatic carbocycles. The summed E-state index contributed by atoms with van der Waals surface area (Å²) in [5.74, 6) is 0.0382. The number of carbonyl (C=O) groups excluding carboxylic acids is 1. The Labute approximate surface area is 117 Å². The van der Waals surface area contributed by atoms with E-state index in [1.807, 2.05) is 31.2 Å². The molecular weight excluding hydrogens is 254 g/mol. The lowest BCUT2D eigenvalue weighted by atomic mass is 9.97. The summed E-state index contributed by atoms with van der Waals surface area (Å²) in [4.78, 5) is 22.4. The summed E-state index contributed by atoms with van der Waals surface area (Å²) < 4.78 is 0. The Morgan fingerprint density at radius 3 is 2.35 bits per heavy atom. The molecule has 0 spiro atoms. The van der Waals surface area contributed by atoms with Crippen LogP contribution in [0.1, 0.15) is 28.4 Å². The van der Waals surface area contributed by atoms with Gasteiger partial charge in [-0.2, -0.15) is 0 Å². The van der Waals surface area contributed by atoms with Gasteiger partial charge in [0.25, 0.3) is 5.69 Å². The van der Waals surface area contributed by atoms with E-state index < -0.39 is 4.92 Å². The second kappa shape index (κ2) is 6.10. The van der Waals surface area contributed by atoms with Crippen molar-refractivity contribution in [1.82, 2.24) is 0 Å². The Kier molecular flexibility index (Phi) is 4.25. The van der Waals surface area contributed by atoms with Crippen molar-refractivity contribution in [3.05, 3.63) is 75.3 Å². The minimum absolute atomic E-state index is 0.0372. The minimum atomic E-state index is -0.446. The minimum Gasteiger partial charge on any atom is -0.294 e. The van der Waals surface area contributed by atoms with Crippen LogP contribution in [0.2, 0.25) is 0 Å². The molecule has 0 unspecified atom stereocenters. The fraction of sp³-hybridized carbons (Fsp3) is 0.188. The third-order valence-corrected chi connectivity index (χ3v) is 3.21. The van der Waals surface area contributed by atoms with Crippen LogP contribution in [-0.4, -0.2) is 10.7 Å². The van der Waals surface area contributed by atoms with E-state index in [4.69, 9.17) is 0 Å². The van der Waals surface area contributed by atoms with Crippen molar-refractivity contribution in [3.63, 3.8) is 0 Å². The number of ketones is 1. The van der Waals surface area contributed by atoms with Crippen LogP contribution in [0, 0.1) is 10.1 Å². The second-order valence-electron chi connectivity index (χ2n) is 4.53. The molecule has 0 saturated carbocycles. The molecule has 0 aliphatic heterocycles. The van der Waals surface area contributed by atoms with Crippen molar-refractivity contribution in [2.24, 2.45) is 0 Å². The second-order valence-corrected chi connectivity index (χ2v) is 4.53. The Morgan fingerprint density at radius 1 is 1.10 bits per heavy atom. The first-order valence-corrected chi connectivity index (χ1v) is 6.46. The highest BCUT2D eigenvalue weighted by molar-refractivity contribution is 5.98. The standard InChI is InChI=1S/C16H15NO3/c1-2-13-5-3-4-6-15(13)16(18)11-12-7-9-14(10-8-12)17(19)20/h3-10H,2,11H2,1H3. The molecule has 102 valence electrons. The molecule has 0 atom stereocenters. The van der Waals surface area contributed by atoms with E-state index in [9.17, 15) is 14.9 Å². The normalized spacial score (nSPS) is 10.2. The Morgan fingerprint density at radius 2 is 1.75 bits per heavy atom. The zero-order valence-electron chi connectivity index (χ0n) is 11.2. The van der Waals surface area contributed by atoms with Crippen LogP contribution in [0.5, 0.6) is 0 Å². The van der Waals surface area contributed by atoms with Crippen LogP contribution in [0.4, 0.5) is 5.69 Å². The van der Waals surface area contributed by atoms with Crippen LogP contribution >= 0.6 is 0 Å². The predicted molar refractivity (Wildman–Crippen MR) is 77.0 cm³/mol. The summed E-state index contributed by atoms with van der Waals surface area (Å²) >= 11 is 0. The van der Waals surface area contributed by atoms with Gasteiger partial charge in [0.05, 0.1) is 4.92 Å². The van der Waals surface area contributed by atoms with Gasteiger partial charge >= 0.3 is 0 Å². The number of aryl methyl sites for hydroxylation is 1. The number of hydrogen-bond donors (Lipinski definition) is 0. The highest BCUT2D eigenvalue weighted by Gasteiger charge is 2.11. The number of nitro groups is 1. The molecule has 0 aliphatic carbocycles. The molecule has 0 aromatic heterocycles. The molecule has 0 N–H and O–H groups in total. The summed E-state index contributed by atoms with van der Waals surface area (Å²) in [5, 5.41) is 10.6. The van der Waals surface area contributed by atoms with Gasteiger partial charge in [0.15, 0.2) is 5.78 Å². The molecule has 0 radical (unpaired) electrons. The zero-order chi connectivity index (χ0) is 14.5. The van der Waals surface area contributed by atoms with Crippen LogP contribution in [0.25, 0.3) is 0 Å². The first-order valence-electron chi connectivity index (χ1n) is 6.46. The Balaban J connectivity index is 2.17. The number of hydrogen-bond acceptors (Lipinski definition) is 3. The third-order valence-electron chi connectivity index (χ3n) is 3.21. The molecule has 2 aromatic rings. The zero-order valence-corrected chi connectivity index (χ0v) is 11.2. The fourth-order valence-corrected chi connectivity index (χ4v) is 2.12. The van der Waals surface area contributed by atoms with Crippen LogP contribution in [0.15, 0.2) is 48.5 Å². The van der Waals surface area contributed by atoms with Crippen molar-refractivity contribution < 1.29 is 9.72 Å². The van der Waals surface area contributed by atoms with E-state index in [0.717, 1.165) is 23.1 Å². The first kappa shape index (κ1) is 13.9. The lowest BCUT2D eigenvalue weighted by Gasteiger charge is -2.06. The average molecular weight is 269 g/mol. The van der Waals surface area contributed by atoms with E-state index in [1.165, 1.54) is 12.1 Å². The van der Waals surface area contributed by atoms with Crippen LogP contribution in [-0.2, 0) is 12.8 Å². The van der Waals surface area contributed by atoms with Gasteiger partial charge < -0.3 is 0 Å². The number of non-ortho nitro benzene ring substituents is 1. The number of benzene rings is 2. The van der Waals surface area contributed by atoms with Crippen molar-refractivity contribution in [2.45, 2.75) is 19.8 Å². The highest BCUT2D eigenvalue weighted by Crippen LogP contribution is 2.16. The maximum absolute atomic E-state index is 12.3. The molecule has 0 fully saturated rings. The van der Waals surface area contributed by atoms with Crippen molar-refractivity contribution in [3.8, 4) is 0 Å². The van der Waals surface area contributed by atoms with Gasteiger partial charge in [-0.25, -0.2) is 0 Å². The summed E-state index contributed by atoms with van der Waals surface area (Å²) in [6, 6.07) is 13.7. The quantitative estimate of drug-likeness (QED) is 0.473. The number of carbonyl (C=O) groups is 1. The number of rotatable bonds is 5. The maximum Gasteiger partial charge on any atom is 0.269 e. The molecule has 4 heteroatoms. The van der Waals surface area contributed by atoms with Crippen LogP contribution in [0.3, 0.4) is 0 Å². The summed E-state index contributed by atoms with van der Waals surface area (Å²) in [6.07, 6.45) is 1.07. The number of nitrogens with zero attached hydrogens (tertiary/aromatic N) is 1. The molecule has 0 saturated heterocycles. The summed E-state index contributed by atoms with van der Waals surface area (Å²) in [7, 11) is 0. The molecule has 0 heterocycles. The topological polar surface area (TPSA) is 60.2 Å². The van der Waals surface area contributed by atoms with Gasteiger partial charge in [-0.05, 0) is 17.5 Å². The molecule has 0 aliphatic rings. The van der Waals surface area contributed by atoms with E-state index >= 15 is 0 Å². The Hall–Kier alpha value is -2.49. The van der Waals surface area contributed by atoms with Crippen LogP contribution < -0.4 is 0 Å². The maximum atomic E-state index is 12.3. The molecule has 20 heavy (non-hydrogen) atoms.